The molecule has 2 heterocycles. The van der Waals surface area contributed by atoms with Gasteiger partial charge >= 0.3 is 6.18 Å². The summed E-state index contributed by atoms with van der Waals surface area (Å²) in [5.74, 6) is 4.97. The van der Waals surface area contributed by atoms with E-state index in [0.717, 1.165) is 15.4 Å². The summed E-state index contributed by atoms with van der Waals surface area (Å²) in [5, 5.41) is 1.91. The van der Waals surface area contributed by atoms with Gasteiger partial charge in [-0.25, -0.2) is 10.8 Å². The zero-order valence-electron chi connectivity index (χ0n) is 10.8. The quantitative estimate of drug-likeness (QED) is 0.628. The van der Waals surface area contributed by atoms with E-state index in [0.29, 0.717) is 6.54 Å². The van der Waals surface area contributed by atoms with E-state index in [1.807, 2.05) is 16.9 Å². The number of aromatic nitrogens is 2. The van der Waals surface area contributed by atoms with E-state index in [1.165, 1.54) is 11.3 Å². The summed E-state index contributed by atoms with van der Waals surface area (Å²) in [6.07, 6.45) is -4.56. The van der Waals surface area contributed by atoms with Crippen LogP contribution in [0.5, 0.6) is 0 Å². The summed E-state index contributed by atoms with van der Waals surface area (Å²) in [6.45, 7) is 0.417. The number of nitrogen functional groups attached to an aromatic ring is 1. The van der Waals surface area contributed by atoms with Gasteiger partial charge in [-0.1, -0.05) is 0 Å². The van der Waals surface area contributed by atoms with Gasteiger partial charge in [0.25, 0.3) is 0 Å². The molecule has 0 aliphatic carbocycles. The van der Waals surface area contributed by atoms with Crippen molar-refractivity contribution in [2.75, 3.05) is 17.4 Å². The first-order valence-electron chi connectivity index (χ1n) is 5.66. The molecular formula is C11H11BrF3N5S. The summed E-state index contributed by atoms with van der Waals surface area (Å²) in [7, 11) is 1.65. The van der Waals surface area contributed by atoms with Crippen molar-refractivity contribution in [1.29, 1.82) is 0 Å². The Balaban J connectivity index is 2.29. The van der Waals surface area contributed by atoms with Crippen molar-refractivity contribution in [2.45, 2.75) is 12.7 Å². The average molecular weight is 382 g/mol. The number of nitrogens with zero attached hydrogens (tertiary/aromatic N) is 3. The molecule has 0 spiro atoms. The Morgan fingerprint density at radius 1 is 1.38 bits per heavy atom. The van der Waals surface area contributed by atoms with E-state index >= 15 is 0 Å². The van der Waals surface area contributed by atoms with Crippen LogP contribution in [0.25, 0.3) is 0 Å². The fraction of sp³-hybridized carbons (Fsp3) is 0.273. The minimum Gasteiger partial charge on any atom is -0.355 e. The molecule has 0 saturated heterocycles. The van der Waals surface area contributed by atoms with Gasteiger partial charge in [0.15, 0.2) is 5.69 Å². The fourth-order valence-electron chi connectivity index (χ4n) is 1.62. The Morgan fingerprint density at radius 3 is 2.62 bits per heavy atom. The predicted octanol–water partition coefficient (Wildman–Crippen LogP) is 3.24. The van der Waals surface area contributed by atoms with Gasteiger partial charge in [-0.3, -0.25) is 5.43 Å². The molecule has 0 aliphatic rings. The van der Waals surface area contributed by atoms with Gasteiger partial charge in [-0.2, -0.15) is 18.2 Å². The molecule has 3 N–H and O–H groups in total. The van der Waals surface area contributed by atoms with Crippen LogP contribution >= 0.6 is 27.3 Å². The molecule has 21 heavy (non-hydrogen) atoms. The number of alkyl halides is 3. The number of anilines is 2. The maximum Gasteiger partial charge on any atom is 0.433 e. The van der Waals surface area contributed by atoms with Crippen LogP contribution in [0, 0.1) is 0 Å². The van der Waals surface area contributed by atoms with Gasteiger partial charge in [0.05, 0.1) is 3.79 Å². The van der Waals surface area contributed by atoms with Crippen molar-refractivity contribution >= 4 is 39.0 Å². The number of rotatable bonds is 4. The van der Waals surface area contributed by atoms with Crippen molar-refractivity contribution in [3.63, 3.8) is 0 Å². The Bertz CT molecular complexity index is 631. The van der Waals surface area contributed by atoms with Gasteiger partial charge in [0, 0.05) is 19.7 Å². The lowest BCUT2D eigenvalue weighted by Crippen LogP contribution is -2.22. The second-order valence-electron chi connectivity index (χ2n) is 4.19. The van der Waals surface area contributed by atoms with Crippen LogP contribution in [0.4, 0.5) is 24.9 Å². The van der Waals surface area contributed by atoms with Crippen molar-refractivity contribution in [1.82, 2.24) is 9.97 Å². The first-order chi connectivity index (χ1) is 9.79. The van der Waals surface area contributed by atoms with Gasteiger partial charge in [-0.15, -0.1) is 11.3 Å². The Morgan fingerprint density at radius 2 is 2.10 bits per heavy atom. The normalized spacial score (nSPS) is 11.5. The molecule has 0 aromatic carbocycles. The molecule has 2 rings (SSSR count). The molecule has 0 aliphatic heterocycles. The topological polar surface area (TPSA) is 67.1 Å². The molecule has 0 atom stereocenters. The van der Waals surface area contributed by atoms with E-state index in [2.05, 4.69) is 25.9 Å². The van der Waals surface area contributed by atoms with Gasteiger partial charge in [0.2, 0.25) is 5.95 Å². The first-order valence-corrected chi connectivity index (χ1v) is 7.34. The molecule has 2 aromatic rings. The molecule has 5 nitrogen and oxygen atoms in total. The van der Waals surface area contributed by atoms with E-state index in [4.69, 9.17) is 5.84 Å². The Labute approximate surface area is 131 Å². The number of hydrazine groups is 1. The van der Waals surface area contributed by atoms with E-state index in [-0.39, 0.29) is 11.8 Å². The second-order valence-corrected chi connectivity index (χ2v) is 6.48. The predicted molar refractivity (Wildman–Crippen MR) is 79.0 cm³/mol. The molecule has 2 aromatic heterocycles. The van der Waals surface area contributed by atoms with Crippen LogP contribution < -0.4 is 16.2 Å². The Hall–Kier alpha value is -1.39. The number of thiophene rings is 1. The second kappa shape index (κ2) is 6.16. The third kappa shape index (κ3) is 4.05. The zero-order chi connectivity index (χ0) is 15.6. The lowest BCUT2D eigenvalue weighted by atomic mass is 10.3. The van der Waals surface area contributed by atoms with E-state index in [9.17, 15) is 13.2 Å². The number of hydrogen-bond acceptors (Lipinski definition) is 6. The van der Waals surface area contributed by atoms with Crippen LogP contribution in [0.3, 0.4) is 0 Å². The molecule has 10 heteroatoms. The highest BCUT2D eigenvalue weighted by atomic mass is 79.9. The smallest absolute Gasteiger partial charge is 0.355 e. The fourth-order valence-corrected chi connectivity index (χ4v) is 2.82. The van der Waals surface area contributed by atoms with Crippen LogP contribution in [0.15, 0.2) is 21.3 Å². The molecule has 0 saturated carbocycles. The van der Waals surface area contributed by atoms with Gasteiger partial charge in [0.1, 0.15) is 5.82 Å². The zero-order valence-corrected chi connectivity index (χ0v) is 13.2. The molecule has 0 radical (unpaired) electrons. The standard InChI is InChI=1S/C11H11BrF3N5S/c1-20(4-6-2-8(12)21-5-6)9-3-7(11(13,14)15)17-10(18-9)19-16/h2-3,5H,4,16H2,1H3,(H,17,18,19). The highest BCUT2D eigenvalue weighted by molar-refractivity contribution is 9.11. The molecule has 0 fully saturated rings. The van der Waals surface area contributed by atoms with Crippen LogP contribution in [-0.4, -0.2) is 17.0 Å². The van der Waals surface area contributed by atoms with Crippen molar-refractivity contribution < 1.29 is 13.2 Å². The van der Waals surface area contributed by atoms with Crippen molar-refractivity contribution in [2.24, 2.45) is 5.84 Å². The number of nitrogens with one attached hydrogen (secondary N) is 1. The minimum atomic E-state index is -4.56. The van der Waals surface area contributed by atoms with Crippen molar-refractivity contribution in [3.8, 4) is 0 Å². The molecule has 0 unspecified atom stereocenters. The summed E-state index contributed by atoms with van der Waals surface area (Å²) in [6, 6.07) is 2.79. The Kier molecular flexibility index (Phi) is 4.69. The molecule has 0 amide bonds. The number of hydrogen-bond donors (Lipinski definition) is 2. The maximum atomic E-state index is 12.8. The van der Waals surface area contributed by atoms with Crippen molar-refractivity contribution in [3.05, 3.63) is 32.6 Å². The van der Waals surface area contributed by atoms with Crippen LogP contribution in [0.2, 0.25) is 0 Å². The summed E-state index contributed by atoms with van der Waals surface area (Å²) in [5.41, 5.74) is 1.97. The molecular weight excluding hydrogens is 371 g/mol. The van der Waals surface area contributed by atoms with E-state index < -0.39 is 11.9 Å². The summed E-state index contributed by atoms with van der Waals surface area (Å²) < 4.78 is 39.3. The molecule has 114 valence electrons. The number of nitrogens with two attached hydrogens (primary N) is 1. The molecule has 0 bridgehead atoms. The van der Waals surface area contributed by atoms with Gasteiger partial charge < -0.3 is 4.90 Å². The third-order valence-electron chi connectivity index (χ3n) is 2.56. The van der Waals surface area contributed by atoms with E-state index in [1.54, 1.807) is 11.9 Å². The maximum absolute atomic E-state index is 12.8. The minimum absolute atomic E-state index is 0.132. The lowest BCUT2D eigenvalue weighted by molar-refractivity contribution is -0.141. The van der Waals surface area contributed by atoms with Crippen LogP contribution in [0.1, 0.15) is 11.3 Å². The highest BCUT2D eigenvalue weighted by Crippen LogP contribution is 2.31. The third-order valence-corrected chi connectivity index (χ3v) is 4.12. The highest BCUT2D eigenvalue weighted by Gasteiger charge is 2.34. The number of halogens is 4. The summed E-state index contributed by atoms with van der Waals surface area (Å²) >= 11 is 4.84. The SMILES string of the molecule is CN(Cc1csc(Br)c1)c1cc(C(F)(F)F)nc(NN)n1. The summed E-state index contributed by atoms with van der Waals surface area (Å²) in [4.78, 5) is 8.84. The van der Waals surface area contributed by atoms with Gasteiger partial charge in [-0.05, 0) is 32.9 Å². The lowest BCUT2D eigenvalue weighted by Gasteiger charge is -2.19. The monoisotopic (exact) mass is 381 g/mol. The first kappa shape index (κ1) is 16.0. The van der Waals surface area contributed by atoms with Crippen LogP contribution in [-0.2, 0) is 12.7 Å². The largest absolute Gasteiger partial charge is 0.433 e. The average Bonchev–Trinajstić information content (AvgIpc) is 2.82.